The maximum Gasteiger partial charge on any atom is 0.326 e. The van der Waals surface area contributed by atoms with Crippen molar-refractivity contribution in [3.05, 3.63) is 29.8 Å². The van der Waals surface area contributed by atoms with Gasteiger partial charge in [0.2, 0.25) is 5.91 Å². The molecule has 0 aliphatic heterocycles. The minimum atomic E-state index is -1.08. The van der Waals surface area contributed by atoms with Gasteiger partial charge in [0, 0.05) is 0 Å². The number of phenols is 1. The topological polar surface area (TPSA) is 113 Å². The van der Waals surface area contributed by atoms with Crippen LogP contribution in [0.3, 0.4) is 0 Å². The summed E-state index contributed by atoms with van der Waals surface area (Å²) in [5, 5.41) is 20.6. The molecule has 6 nitrogen and oxygen atoms in total. The van der Waals surface area contributed by atoms with Crippen LogP contribution in [-0.4, -0.2) is 34.2 Å². The highest BCUT2D eigenvalue weighted by Crippen LogP contribution is 2.11. The molecule has 0 aromatic heterocycles. The molecule has 5 N–H and O–H groups in total. The molecule has 0 aliphatic rings. The molecule has 1 aromatic rings. The lowest BCUT2D eigenvalue weighted by Gasteiger charge is -2.20. The third-order valence-corrected chi connectivity index (χ3v) is 2.96. The first-order valence-electron chi connectivity index (χ1n) is 6.38. The highest BCUT2D eigenvalue weighted by molar-refractivity contribution is 5.87. The van der Waals surface area contributed by atoms with Gasteiger partial charge in [0.1, 0.15) is 11.8 Å². The number of aromatic hydroxyl groups is 1. The Morgan fingerprint density at radius 1 is 1.25 bits per heavy atom. The number of carbonyl (C=O) groups excluding carboxylic acids is 1. The summed E-state index contributed by atoms with van der Waals surface area (Å²) in [7, 11) is 0. The van der Waals surface area contributed by atoms with Gasteiger partial charge in [-0.2, -0.15) is 0 Å². The van der Waals surface area contributed by atoms with Crippen LogP contribution in [0, 0.1) is 5.92 Å². The third kappa shape index (κ3) is 4.55. The fourth-order valence-electron chi connectivity index (χ4n) is 1.75. The zero-order chi connectivity index (χ0) is 15.3. The first-order valence-corrected chi connectivity index (χ1v) is 6.38. The molecule has 6 heteroatoms. The van der Waals surface area contributed by atoms with Gasteiger partial charge in [-0.05, 0) is 30.0 Å². The maximum absolute atomic E-state index is 11.9. The number of phenolic OH excluding ortho intramolecular Hbond substituents is 1. The molecule has 1 rings (SSSR count). The summed E-state index contributed by atoms with van der Waals surface area (Å²) in [6, 6.07) is 4.56. The Morgan fingerprint density at radius 3 is 2.25 bits per heavy atom. The highest BCUT2D eigenvalue weighted by atomic mass is 16.4. The van der Waals surface area contributed by atoms with Crippen LogP contribution >= 0.6 is 0 Å². The van der Waals surface area contributed by atoms with Crippen LogP contribution in [0.1, 0.15) is 19.4 Å². The van der Waals surface area contributed by atoms with E-state index in [1.54, 1.807) is 26.0 Å². The monoisotopic (exact) mass is 280 g/mol. The molecule has 1 aromatic carbocycles. The molecule has 0 aliphatic carbocycles. The third-order valence-electron chi connectivity index (χ3n) is 2.96. The average molecular weight is 280 g/mol. The predicted molar refractivity (Wildman–Crippen MR) is 74.2 cm³/mol. The lowest BCUT2D eigenvalue weighted by Crippen LogP contribution is -2.51. The van der Waals surface area contributed by atoms with Crippen molar-refractivity contribution in [2.24, 2.45) is 11.7 Å². The van der Waals surface area contributed by atoms with Gasteiger partial charge in [-0.1, -0.05) is 26.0 Å². The van der Waals surface area contributed by atoms with Crippen LogP contribution < -0.4 is 11.1 Å². The van der Waals surface area contributed by atoms with E-state index in [4.69, 9.17) is 15.9 Å². The Bertz CT molecular complexity index is 471. The van der Waals surface area contributed by atoms with Crippen molar-refractivity contribution >= 4 is 11.9 Å². The van der Waals surface area contributed by atoms with Crippen molar-refractivity contribution in [2.75, 3.05) is 0 Å². The molecule has 0 saturated carbocycles. The number of carboxylic acid groups (broad SMARTS) is 1. The van der Waals surface area contributed by atoms with Gasteiger partial charge in [-0.25, -0.2) is 4.79 Å². The van der Waals surface area contributed by atoms with E-state index in [0.29, 0.717) is 0 Å². The van der Waals surface area contributed by atoms with Crippen LogP contribution in [0.2, 0.25) is 0 Å². The summed E-state index contributed by atoms with van der Waals surface area (Å²) in [6.45, 7) is 3.43. The van der Waals surface area contributed by atoms with E-state index in [0.717, 1.165) is 5.56 Å². The van der Waals surface area contributed by atoms with Crippen molar-refractivity contribution in [1.29, 1.82) is 0 Å². The summed E-state index contributed by atoms with van der Waals surface area (Å²) < 4.78 is 0. The second kappa shape index (κ2) is 6.91. The molecule has 0 unspecified atom stereocenters. The number of hydrogen-bond donors (Lipinski definition) is 4. The maximum atomic E-state index is 11.9. The molecular weight excluding hydrogens is 260 g/mol. The molecule has 0 radical (unpaired) electrons. The van der Waals surface area contributed by atoms with Crippen LogP contribution in [0.5, 0.6) is 5.75 Å². The lowest BCUT2D eigenvalue weighted by molar-refractivity contribution is -0.143. The normalized spacial score (nSPS) is 13.8. The van der Waals surface area contributed by atoms with Crippen molar-refractivity contribution in [3.8, 4) is 5.75 Å². The van der Waals surface area contributed by atoms with E-state index in [2.05, 4.69) is 5.32 Å². The molecular formula is C14H20N2O4. The summed E-state index contributed by atoms with van der Waals surface area (Å²) in [6.07, 6.45) is 0.274. The smallest absolute Gasteiger partial charge is 0.326 e. The number of amides is 1. The fourth-order valence-corrected chi connectivity index (χ4v) is 1.75. The minimum absolute atomic E-state index is 0.137. The number of benzene rings is 1. The Morgan fingerprint density at radius 2 is 1.80 bits per heavy atom. The largest absolute Gasteiger partial charge is 0.508 e. The van der Waals surface area contributed by atoms with Gasteiger partial charge in [0.25, 0.3) is 0 Å². The quantitative estimate of drug-likeness (QED) is 0.605. The number of nitrogens with two attached hydrogens (primary N) is 1. The molecule has 2 atom stereocenters. The van der Waals surface area contributed by atoms with Gasteiger partial charge < -0.3 is 21.3 Å². The summed E-state index contributed by atoms with van der Waals surface area (Å²) in [5.74, 6) is -1.67. The summed E-state index contributed by atoms with van der Waals surface area (Å²) >= 11 is 0. The van der Waals surface area contributed by atoms with E-state index < -0.39 is 24.0 Å². The summed E-state index contributed by atoms with van der Waals surface area (Å²) in [4.78, 5) is 22.9. The highest BCUT2D eigenvalue weighted by Gasteiger charge is 2.25. The van der Waals surface area contributed by atoms with Crippen LogP contribution in [-0.2, 0) is 16.0 Å². The van der Waals surface area contributed by atoms with Crippen LogP contribution in [0.4, 0.5) is 0 Å². The second-order valence-corrected chi connectivity index (χ2v) is 5.05. The van der Waals surface area contributed by atoms with Crippen molar-refractivity contribution in [3.63, 3.8) is 0 Å². The molecule has 0 saturated heterocycles. The Hall–Kier alpha value is -2.08. The number of hydrogen-bond acceptors (Lipinski definition) is 4. The average Bonchev–Trinajstić information content (AvgIpc) is 2.37. The number of aliphatic carboxylic acids is 1. The van der Waals surface area contributed by atoms with Crippen LogP contribution in [0.25, 0.3) is 0 Å². The predicted octanol–water partition coefficient (Wildman–Crippen LogP) is 0.487. The first-order chi connectivity index (χ1) is 9.31. The van der Waals surface area contributed by atoms with Gasteiger partial charge in [-0.15, -0.1) is 0 Å². The Kier molecular flexibility index (Phi) is 5.52. The number of nitrogens with one attached hydrogen (secondary N) is 1. The number of carbonyl (C=O) groups is 2. The molecule has 0 fully saturated rings. The van der Waals surface area contributed by atoms with Crippen molar-refractivity contribution in [1.82, 2.24) is 5.32 Å². The molecule has 0 bridgehead atoms. The van der Waals surface area contributed by atoms with Crippen molar-refractivity contribution in [2.45, 2.75) is 32.4 Å². The zero-order valence-corrected chi connectivity index (χ0v) is 11.5. The number of carboxylic acids is 1. The van der Waals surface area contributed by atoms with Gasteiger partial charge in [0.05, 0.1) is 6.04 Å². The van der Waals surface area contributed by atoms with Gasteiger partial charge >= 0.3 is 5.97 Å². The Labute approximate surface area is 117 Å². The second-order valence-electron chi connectivity index (χ2n) is 5.05. The molecule has 20 heavy (non-hydrogen) atoms. The van der Waals surface area contributed by atoms with Gasteiger partial charge in [0.15, 0.2) is 0 Å². The van der Waals surface area contributed by atoms with E-state index in [9.17, 15) is 9.59 Å². The van der Waals surface area contributed by atoms with Crippen LogP contribution in [0.15, 0.2) is 24.3 Å². The van der Waals surface area contributed by atoms with E-state index in [1.807, 2.05) is 0 Å². The fraction of sp³-hybridized carbons (Fsp3) is 0.429. The first kappa shape index (κ1) is 16.0. The molecule has 110 valence electrons. The van der Waals surface area contributed by atoms with E-state index in [-0.39, 0.29) is 18.1 Å². The molecule has 0 spiro atoms. The molecule has 1 amide bonds. The van der Waals surface area contributed by atoms with Gasteiger partial charge in [-0.3, -0.25) is 4.79 Å². The number of rotatable bonds is 6. The standard InChI is InChI=1S/C14H20N2O4/c1-8(2)12(14(19)20)16-13(18)11(15)7-9-3-5-10(17)6-4-9/h3-6,8,11-12,17H,7,15H2,1-2H3,(H,16,18)(H,19,20)/t11-,12-/m1/s1. The van der Waals surface area contributed by atoms with E-state index >= 15 is 0 Å². The SMILES string of the molecule is CC(C)[C@@H](NC(=O)[C@H](N)Cc1ccc(O)cc1)C(=O)O. The summed E-state index contributed by atoms with van der Waals surface area (Å²) in [5.41, 5.74) is 6.56. The molecule has 0 heterocycles. The van der Waals surface area contributed by atoms with Crippen molar-refractivity contribution < 1.29 is 19.8 Å². The lowest BCUT2D eigenvalue weighted by atomic mass is 10.0. The zero-order valence-electron chi connectivity index (χ0n) is 11.5. The van der Waals surface area contributed by atoms with E-state index in [1.165, 1.54) is 12.1 Å². The minimum Gasteiger partial charge on any atom is -0.508 e. The Balaban J connectivity index is 2.62.